The Hall–Kier alpha value is -0.870. The minimum Gasteiger partial charge on any atom is -0.387 e. The van der Waals surface area contributed by atoms with Gasteiger partial charge in [-0.05, 0) is 39.8 Å². The van der Waals surface area contributed by atoms with Crippen LogP contribution >= 0.6 is 0 Å². The van der Waals surface area contributed by atoms with Gasteiger partial charge in [0.05, 0.1) is 12.1 Å². The average Bonchev–Trinajstić information content (AvgIpc) is 2.87. The molecule has 1 amide bonds. The lowest BCUT2D eigenvalue weighted by atomic mass is 10.0. The second-order valence-corrected chi connectivity index (χ2v) is 5.96. The SMILES string of the molecule is CN(C)CC1(O)CCN(C(=O)CC2=CCCC2)C1. The molecule has 2 rings (SSSR count). The van der Waals surface area contributed by atoms with Crippen LogP contribution in [-0.4, -0.2) is 60.1 Å². The van der Waals surface area contributed by atoms with Crippen molar-refractivity contribution in [3.8, 4) is 0 Å². The first-order chi connectivity index (χ1) is 8.48. The number of likely N-dealkylation sites (tertiary alicyclic amines) is 1. The van der Waals surface area contributed by atoms with Crippen molar-refractivity contribution in [2.24, 2.45) is 0 Å². The van der Waals surface area contributed by atoms with Crippen molar-refractivity contribution < 1.29 is 9.90 Å². The minimum atomic E-state index is -0.719. The topological polar surface area (TPSA) is 43.8 Å². The lowest BCUT2D eigenvalue weighted by Crippen LogP contribution is -2.43. The fourth-order valence-corrected chi connectivity index (χ4v) is 2.99. The molecule has 0 saturated carbocycles. The third-order valence-electron chi connectivity index (χ3n) is 3.81. The number of β-amino-alcohol motifs (C(OH)–C–C–N with tert-alkyl or cyclic N) is 1. The number of carbonyl (C=O) groups excluding carboxylic acids is 1. The van der Waals surface area contributed by atoms with Crippen LogP contribution in [0.3, 0.4) is 0 Å². The molecule has 1 aliphatic carbocycles. The molecule has 4 nitrogen and oxygen atoms in total. The van der Waals surface area contributed by atoms with Crippen LogP contribution < -0.4 is 0 Å². The average molecular weight is 252 g/mol. The van der Waals surface area contributed by atoms with E-state index in [2.05, 4.69) is 6.08 Å². The maximum atomic E-state index is 12.1. The van der Waals surface area contributed by atoms with Crippen molar-refractivity contribution in [1.29, 1.82) is 0 Å². The minimum absolute atomic E-state index is 0.179. The van der Waals surface area contributed by atoms with Crippen molar-refractivity contribution in [1.82, 2.24) is 9.80 Å². The first-order valence-electron chi connectivity index (χ1n) is 6.81. The van der Waals surface area contributed by atoms with E-state index in [-0.39, 0.29) is 5.91 Å². The van der Waals surface area contributed by atoms with Crippen LogP contribution in [0.1, 0.15) is 32.1 Å². The second-order valence-electron chi connectivity index (χ2n) is 5.96. The Morgan fingerprint density at radius 2 is 2.33 bits per heavy atom. The van der Waals surface area contributed by atoms with Crippen molar-refractivity contribution >= 4 is 5.91 Å². The maximum Gasteiger partial charge on any atom is 0.226 e. The van der Waals surface area contributed by atoms with E-state index in [0.717, 1.165) is 12.8 Å². The van der Waals surface area contributed by atoms with Gasteiger partial charge in [0.1, 0.15) is 0 Å². The summed E-state index contributed by atoms with van der Waals surface area (Å²) in [7, 11) is 3.90. The molecule has 1 N–H and O–H groups in total. The maximum absolute atomic E-state index is 12.1. The van der Waals surface area contributed by atoms with E-state index in [1.165, 1.54) is 12.0 Å². The second kappa shape index (κ2) is 5.41. The lowest BCUT2D eigenvalue weighted by molar-refractivity contribution is -0.130. The summed E-state index contributed by atoms with van der Waals surface area (Å²) in [4.78, 5) is 15.9. The molecule has 0 spiro atoms. The van der Waals surface area contributed by atoms with E-state index in [1.807, 2.05) is 23.9 Å². The van der Waals surface area contributed by atoms with Gasteiger partial charge in [0, 0.05) is 19.5 Å². The summed E-state index contributed by atoms with van der Waals surface area (Å²) in [6, 6.07) is 0. The number of nitrogens with zero attached hydrogens (tertiary/aromatic N) is 2. The van der Waals surface area contributed by atoms with Gasteiger partial charge in [-0.3, -0.25) is 4.79 Å². The van der Waals surface area contributed by atoms with Gasteiger partial charge in [0.25, 0.3) is 0 Å². The Morgan fingerprint density at radius 3 is 2.94 bits per heavy atom. The van der Waals surface area contributed by atoms with Crippen LogP contribution in [0.4, 0.5) is 0 Å². The Labute approximate surface area is 109 Å². The highest BCUT2D eigenvalue weighted by molar-refractivity contribution is 5.79. The number of likely N-dealkylation sites (N-methyl/N-ethyl adjacent to an activating group) is 1. The standard InChI is InChI=1S/C14H24N2O2/c1-15(2)10-14(18)7-8-16(11-14)13(17)9-12-5-3-4-6-12/h5,18H,3-4,6-11H2,1-2H3. The first kappa shape index (κ1) is 13.6. The van der Waals surface area contributed by atoms with Crippen LogP contribution in [0.5, 0.6) is 0 Å². The summed E-state index contributed by atoms with van der Waals surface area (Å²) in [5, 5.41) is 10.4. The zero-order valence-electron chi connectivity index (χ0n) is 11.5. The van der Waals surface area contributed by atoms with E-state index in [4.69, 9.17) is 0 Å². The zero-order chi connectivity index (χ0) is 13.2. The van der Waals surface area contributed by atoms with E-state index in [0.29, 0.717) is 32.5 Å². The molecular weight excluding hydrogens is 228 g/mol. The smallest absolute Gasteiger partial charge is 0.226 e. The third kappa shape index (κ3) is 3.33. The molecule has 1 aliphatic heterocycles. The fourth-order valence-electron chi connectivity index (χ4n) is 2.99. The molecule has 0 radical (unpaired) electrons. The molecule has 0 aromatic rings. The van der Waals surface area contributed by atoms with Gasteiger partial charge in [-0.15, -0.1) is 0 Å². The summed E-state index contributed by atoms with van der Waals surface area (Å²) in [5.74, 6) is 0.179. The van der Waals surface area contributed by atoms with Crippen LogP contribution in [-0.2, 0) is 4.79 Å². The van der Waals surface area contributed by atoms with Gasteiger partial charge in [-0.1, -0.05) is 11.6 Å². The largest absolute Gasteiger partial charge is 0.387 e. The van der Waals surface area contributed by atoms with Crippen LogP contribution in [0.25, 0.3) is 0 Å². The van der Waals surface area contributed by atoms with Gasteiger partial charge < -0.3 is 14.9 Å². The quantitative estimate of drug-likeness (QED) is 0.760. The van der Waals surface area contributed by atoms with E-state index in [1.54, 1.807) is 0 Å². The molecule has 18 heavy (non-hydrogen) atoms. The molecule has 1 fully saturated rings. The lowest BCUT2D eigenvalue weighted by Gasteiger charge is -2.26. The van der Waals surface area contributed by atoms with E-state index < -0.39 is 5.60 Å². The molecule has 1 unspecified atom stereocenters. The summed E-state index contributed by atoms with van der Waals surface area (Å²) < 4.78 is 0. The predicted molar refractivity (Wildman–Crippen MR) is 71.3 cm³/mol. The molecule has 102 valence electrons. The van der Waals surface area contributed by atoms with Crippen LogP contribution in [0, 0.1) is 0 Å². The fraction of sp³-hybridized carbons (Fsp3) is 0.786. The zero-order valence-corrected chi connectivity index (χ0v) is 11.5. The molecular formula is C14H24N2O2. The first-order valence-corrected chi connectivity index (χ1v) is 6.81. The molecule has 1 saturated heterocycles. The number of hydrogen-bond acceptors (Lipinski definition) is 3. The molecule has 0 aromatic carbocycles. The molecule has 1 heterocycles. The highest BCUT2D eigenvalue weighted by Gasteiger charge is 2.38. The Balaban J connectivity index is 1.86. The predicted octanol–water partition coefficient (Wildman–Crippen LogP) is 1.01. The van der Waals surface area contributed by atoms with Gasteiger partial charge in [-0.25, -0.2) is 0 Å². The number of hydrogen-bond donors (Lipinski definition) is 1. The molecule has 0 aromatic heterocycles. The number of aliphatic hydroxyl groups is 1. The summed E-state index contributed by atoms with van der Waals surface area (Å²) in [6.45, 7) is 1.80. The van der Waals surface area contributed by atoms with E-state index in [9.17, 15) is 9.90 Å². The highest BCUT2D eigenvalue weighted by atomic mass is 16.3. The monoisotopic (exact) mass is 252 g/mol. The van der Waals surface area contributed by atoms with Crippen molar-refractivity contribution in [3.05, 3.63) is 11.6 Å². The number of allylic oxidation sites excluding steroid dienone is 1. The summed E-state index contributed by atoms with van der Waals surface area (Å²) in [6.07, 6.45) is 6.82. The Bertz CT molecular complexity index is 352. The Kier molecular flexibility index (Phi) is 4.07. The van der Waals surface area contributed by atoms with Crippen LogP contribution in [0.15, 0.2) is 11.6 Å². The van der Waals surface area contributed by atoms with Crippen molar-refractivity contribution in [2.45, 2.75) is 37.7 Å². The third-order valence-corrected chi connectivity index (χ3v) is 3.81. The van der Waals surface area contributed by atoms with Gasteiger partial charge in [-0.2, -0.15) is 0 Å². The Morgan fingerprint density at radius 1 is 1.56 bits per heavy atom. The van der Waals surface area contributed by atoms with Crippen LogP contribution in [0.2, 0.25) is 0 Å². The number of carbonyl (C=O) groups is 1. The molecule has 4 heteroatoms. The molecule has 2 aliphatic rings. The molecule has 0 bridgehead atoms. The molecule has 1 atom stereocenters. The van der Waals surface area contributed by atoms with Gasteiger partial charge in [0.15, 0.2) is 0 Å². The van der Waals surface area contributed by atoms with E-state index >= 15 is 0 Å². The number of amides is 1. The van der Waals surface area contributed by atoms with Gasteiger partial charge in [0.2, 0.25) is 5.91 Å². The van der Waals surface area contributed by atoms with Crippen molar-refractivity contribution in [3.63, 3.8) is 0 Å². The normalized spacial score (nSPS) is 28.0. The van der Waals surface area contributed by atoms with Crippen molar-refractivity contribution in [2.75, 3.05) is 33.7 Å². The highest BCUT2D eigenvalue weighted by Crippen LogP contribution is 2.26. The van der Waals surface area contributed by atoms with Gasteiger partial charge >= 0.3 is 0 Å². The summed E-state index contributed by atoms with van der Waals surface area (Å²) in [5.41, 5.74) is 0.562. The number of rotatable bonds is 4. The summed E-state index contributed by atoms with van der Waals surface area (Å²) >= 11 is 0.